The highest BCUT2D eigenvalue weighted by Crippen LogP contribution is 2.30. The van der Waals surface area contributed by atoms with Crippen LogP contribution in [0.15, 0.2) is 17.0 Å². The van der Waals surface area contributed by atoms with Crippen molar-refractivity contribution in [3.05, 3.63) is 17.0 Å². The highest BCUT2D eigenvalue weighted by molar-refractivity contribution is 6.82. The van der Waals surface area contributed by atoms with Crippen molar-refractivity contribution in [1.82, 2.24) is 4.90 Å². The van der Waals surface area contributed by atoms with Crippen LogP contribution < -0.4 is 0 Å². The van der Waals surface area contributed by atoms with Crippen molar-refractivity contribution >= 4 is 14.2 Å². The number of hydrogen-bond acceptors (Lipinski definition) is 3. The highest BCUT2D eigenvalue weighted by Gasteiger charge is 2.44. The van der Waals surface area contributed by atoms with E-state index in [1.807, 2.05) is 40.7 Å². The van der Waals surface area contributed by atoms with Gasteiger partial charge in [-0.05, 0) is 52.8 Å². The minimum atomic E-state index is -1.36. The van der Waals surface area contributed by atoms with Crippen LogP contribution in [-0.2, 0) is 9.47 Å². The molecule has 1 aliphatic heterocycles. The number of hydrogen-bond donors (Lipinski definition) is 0. The molecule has 22 heavy (non-hydrogen) atoms. The molecule has 1 saturated heterocycles. The second kappa shape index (κ2) is 6.23. The number of rotatable bonds is 2. The summed E-state index contributed by atoms with van der Waals surface area (Å²) in [5.41, 5.74) is 2.19. The van der Waals surface area contributed by atoms with Gasteiger partial charge >= 0.3 is 6.09 Å². The summed E-state index contributed by atoms with van der Waals surface area (Å²) < 4.78 is 11.3. The average Bonchev–Trinajstić information content (AvgIpc) is 2.57. The maximum Gasteiger partial charge on any atom is 0.413 e. The zero-order valence-electron chi connectivity index (χ0n) is 15.5. The maximum absolute atomic E-state index is 12.5. The smallest absolute Gasteiger partial charge is 0.413 e. The summed E-state index contributed by atoms with van der Waals surface area (Å²) >= 11 is 0. The largest absolute Gasteiger partial charge is 0.444 e. The van der Waals surface area contributed by atoms with Crippen LogP contribution >= 0.6 is 0 Å². The molecule has 126 valence electrons. The van der Waals surface area contributed by atoms with Crippen LogP contribution in [0.1, 0.15) is 41.5 Å². The Labute approximate surface area is 136 Å². The molecule has 0 aliphatic carbocycles. The van der Waals surface area contributed by atoms with E-state index in [9.17, 15) is 4.79 Å². The lowest BCUT2D eigenvalue weighted by Crippen LogP contribution is -2.49. The lowest BCUT2D eigenvalue weighted by molar-refractivity contribution is -0.0610. The number of amides is 1. The Morgan fingerprint density at radius 3 is 2.36 bits per heavy atom. The van der Waals surface area contributed by atoms with Crippen molar-refractivity contribution in [3.63, 3.8) is 0 Å². The third-order valence-corrected chi connectivity index (χ3v) is 6.12. The maximum atomic E-state index is 12.5. The quantitative estimate of drug-likeness (QED) is 0.560. The third-order valence-electron chi connectivity index (χ3n) is 3.73. The molecule has 0 unspecified atom stereocenters. The lowest BCUT2D eigenvalue weighted by atomic mass is 10.2. The molecule has 1 amide bonds. The fraction of sp³-hybridized carbons (Fsp3) is 0.765. The number of ether oxygens (including phenoxy) is 2. The van der Waals surface area contributed by atoms with Gasteiger partial charge in [-0.1, -0.05) is 19.6 Å². The first kappa shape index (κ1) is 19.0. The molecule has 0 N–H and O–H groups in total. The summed E-state index contributed by atoms with van der Waals surface area (Å²) in [5.74, 6) is 0. The minimum Gasteiger partial charge on any atom is -0.444 e. The number of nitrogens with zero attached hydrogens (tertiary/aromatic N) is 1. The van der Waals surface area contributed by atoms with Gasteiger partial charge in [0, 0.05) is 0 Å². The standard InChI is InChI=1S/C17H31NO3Si/c1-13(22(7,8)9)10-11-14-12-20-17(5,6)18(14)15(19)21-16(2,3)4/h11,14H,12H2,1-9H3/t10?,14-/m0/s1. The predicted octanol–water partition coefficient (Wildman–Crippen LogP) is 4.34. The number of carbonyl (C=O) groups excluding carboxylic acids is 1. The van der Waals surface area contributed by atoms with Gasteiger partial charge in [0.15, 0.2) is 0 Å². The first-order valence-corrected chi connectivity index (χ1v) is 11.3. The zero-order valence-corrected chi connectivity index (χ0v) is 16.5. The van der Waals surface area contributed by atoms with E-state index in [1.165, 1.54) is 5.20 Å². The molecule has 1 heterocycles. The van der Waals surface area contributed by atoms with Crippen LogP contribution in [0, 0.1) is 0 Å². The van der Waals surface area contributed by atoms with E-state index >= 15 is 0 Å². The zero-order chi connectivity index (χ0) is 17.3. The van der Waals surface area contributed by atoms with Crippen LogP contribution in [0.5, 0.6) is 0 Å². The van der Waals surface area contributed by atoms with Crippen LogP contribution in [-0.4, -0.2) is 43.0 Å². The molecule has 1 fully saturated rings. The van der Waals surface area contributed by atoms with E-state index in [0.29, 0.717) is 6.61 Å². The van der Waals surface area contributed by atoms with E-state index < -0.39 is 19.4 Å². The second-order valence-corrected chi connectivity index (χ2v) is 13.6. The van der Waals surface area contributed by atoms with Gasteiger partial charge in [-0.15, -0.1) is 5.73 Å². The van der Waals surface area contributed by atoms with Crippen molar-refractivity contribution in [2.75, 3.05) is 6.61 Å². The van der Waals surface area contributed by atoms with Crippen LogP contribution in [0.3, 0.4) is 0 Å². The Morgan fingerprint density at radius 1 is 1.36 bits per heavy atom. The summed E-state index contributed by atoms with van der Waals surface area (Å²) in [6, 6.07) is -0.142. The lowest BCUT2D eigenvalue weighted by Gasteiger charge is -2.34. The van der Waals surface area contributed by atoms with Gasteiger partial charge in [0.05, 0.1) is 20.7 Å². The molecule has 5 heteroatoms. The van der Waals surface area contributed by atoms with Gasteiger partial charge in [0.2, 0.25) is 0 Å². The predicted molar refractivity (Wildman–Crippen MR) is 92.5 cm³/mol. The summed E-state index contributed by atoms with van der Waals surface area (Å²) in [5, 5.41) is 1.28. The SMILES string of the molecule is CC(=C=C[C@H]1COC(C)(C)N1C(=O)OC(C)(C)C)[Si](C)(C)C. The summed E-state index contributed by atoms with van der Waals surface area (Å²) in [4.78, 5) is 14.2. The molecule has 4 nitrogen and oxygen atoms in total. The van der Waals surface area contributed by atoms with Gasteiger partial charge in [-0.2, -0.15) is 0 Å². The topological polar surface area (TPSA) is 38.8 Å². The molecule has 1 atom stereocenters. The molecule has 0 aromatic rings. The van der Waals surface area contributed by atoms with E-state index in [0.717, 1.165) is 0 Å². The van der Waals surface area contributed by atoms with Crippen molar-refractivity contribution in [1.29, 1.82) is 0 Å². The monoisotopic (exact) mass is 325 g/mol. The summed E-state index contributed by atoms with van der Waals surface area (Å²) in [6.07, 6.45) is 1.61. The second-order valence-electron chi connectivity index (χ2n) is 8.36. The molecular formula is C17H31NO3Si. The van der Waals surface area contributed by atoms with Crippen LogP contribution in [0.25, 0.3) is 0 Å². The molecule has 0 saturated carbocycles. The first-order valence-electron chi connectivity index (χ1n) is 7.84. The third kappa shape index (κ3) is 5.01. The van der Waals surface area contributed by atoms with Gasteiger partial charge in [0.1, 0.15) is 11.3 Å². The molecule has 0 radical (unpaired) electrons. The molecule has 0 spiro atoms. The molecule has 0 bridgehead atoms. The van der Waals surface area contributed by atoms with Crippen molar-refractivity contribution in [2.24, 2.45) is 0 Å². The van der Waals surface area contributed by atoms with Crippen molar-refractivity contribution < 1.29 is 14.3 Å². The van der Waals surface area contributed by atoms with E-state index in [4.69, 9.17) is 9.47 Å². The Morgan fingerprint density at radius 2 is 1.91 bits per heavy atom. The fourth-order valence-electron chi connectivity index (χ4n) is 2.06. The van der Waals surface area contributed by atoms with E-state index in [1.54, 1.807) is 4.90 Å². The molecule has 0 aromatic carbocycles. The Hall–Kier alpha value is -1.03. The van der Waals surface area contributed by atoms with Gasteiger partial charge in [0.25, 0.3) is 0 Å². The first-order chi connectivity index (χ1) is 9.74. The van der Waals surface area contributed by atoms with Gasteiger partial charge in [-0.3, -0.25) is 4.90 Å². The summed E-state index contributed by atoms with van der Waals surface area (Å²) in [7, 11) is -1.36. The van der Waals surface area contributed by atoms with Crippen LogP contribution in [0.4, 0.5) is 4.79 Å². The molecule has 1 aliphatic rings. The molecule has 0 aromatic heterocycles. The normalized spacial score (nSPS) is 21.3. The highest BCUT2D eigenvalue weighted by atomic mass is 28.3. The number of carbonyl (C=O) groups is 1. The van der Waals surface area contributed by atoms with Gasteiger partial charge in [-0.25, -0.2) is 4.79 Å². The summed E-state index contributed by atoms with van der Waals surface area (Å²) in [6.45, 7) is 18.8. The van der Waals surface area contributed by atoms with E-state index in [-0.39, 0.29) is 12.1 Å². The van der Waals surface area contributed by atoms with Crippen LogP contribution in [0.2, 0.25) is 19.6 Å². The molecule has 1 rings (SSSR count). The minimum absolute atomic E-state index is 0.142. The molecular weight excluding hydrogens is 294 g/mol. The van der Waals surface area contributed by atoms with Crippen molar-refractivity contribution in [3.8, 4) is 0 Å². The fourth-order valence-corrected chi connectivity index (χ4v) is 2.58. The van der Waals surface area contributed by atoms with Crippen molar-refractivity contribution in [2.45, 2.75) is 78.6 Å². The van der Waals surface area contributed by atoms with Gasteiger partial charge < -0.3 is 9.47 Å². The Kier molecular flexibility index (Phi) is 5.38. The average molecular weight is 326 g/mol. The van der Waals surface area contributed by atoms with E-state index in [2.05, 4.69) is 32.3 Å². The Balaban J connectivity index is 3.05. The Bertz CT molecular complexity index is 491.